The molecule has 1 aromatic rings. The van der Waals surface area contributed by atoms with Gasteiger partial charge in [-0.2, -0.15) is 13.2 Å². The zero-order valence-corrected chi connectivity index (χ0v) is 9.20. The van der Waals surface area contributed by atoms with Crippen molar-refractivity contribution >= 4 is 0 Å². The molecule has 1 fully saturated rings. The number of ether oxygens (including phenoxy) is 1. The molecule has 0 amide bonds. The molecule has 0 unspecified atom stereocenters. The molecule has 1 aromatic heterocycles. The Morgan fingerprint density at radius 3 is 2.88 bits per heavy atom. The largest absolute Gasteiger partial charge is 0.411 e. The molecule has 0 radical (unpaired) electrons. The van der Waals surface area contributed by atoms with Gasteiger partial charge in [0.2, 0.25) is 0 Å². The molecule has 1 heterocycles. The van der Waals surface area contributed by atoms with Crippen molar-refractivity contribution in [3.05, 3.63) is 18.2 Å². The zero-order chi connectivity index (χ0) is 12.3. The minimum atomic E-state index is -4.28. The van der Waals surface area contributed by atoms with Crippen molar-refractivity contribution in [2.45, 2.75) is 38.3 Å². The summed E-state index contributed by atoms with van der Waals surface area (Å²) in [5, 5.41) is 3.24. The van der Waals surface area contributed by atoms with E-state index in [4.69, 9.17) is 0 Å². The van der Waals surface area contributed by atoms with E-state index in [0.717, 1.165) is 12.8 Å². The molecule has 96 valence electrons. The van der Waals surface area contributed by atoms with E-state index in [1.807, 2.05) is 0 Å². The number of hydrogen-bond acceptors (Lipinski definition) is 3. The number of halogens is 3. The summed E-state index contributed by atoms with van der Waals surface area (Å²) in [4.78, 5) is 4.07. The van der Waals surface area contributed by atoms with Gasteiger partial charge < -0.3 is 14.6 Å². The van der Waals surface area contributed by atoms with Gasteiger partial charge in [-0.05, 0) is 12.8 Å². The zero-order valence-electron chi connectivity index (χ0n) is 9.20. The lowest BCUT2D eigenvalue weighted by atomic mass is 10.5. The van der Waals surface area contributed by atoms with E-state index in [9.17, 15) is 13.2 Å². The maximum atomic E-state index is 11.9. The first kappa shape index (κ1) is 12.4. The third kappa shape index (κ3) is 4.35. The van der Waals surface area contributed by atoms with Crippen LogP contribution in [0, 0.1) is 0 Å². The van der Waals surface area contributed by atoms with Crippen LogP contribution in [0.2, 0.25) is 0 Å². The van der Waals surface area contributed by atoms with Crippen LogP contribution in [0.5, 0.6) is 0 Å². The van der Waals surface area contributed by atoms with Crippen LogP contribution in [-0.2, 0) is 18.0 Å². The van der Waals surface area contributed by atoms with Crippen LogP contribution in [-0.4, -0.2) is 28.4 Å². The Balaban J connectivity index is 1.76. The van der Waals surface area contributed by atoms with Crippen molar-refractivity contribution in [3.8, 4) is 0 Å². The van der Waals surface area contributed by atoms with E-state index >= 15 is 0 Å². The van der Waals surface area contributed by atoms with Gasteiger partial charge in [0, 0.05) is 18.4 Å². The average molecular weight is 249 g/mol. The monoisotopic (exact) mass is 249 g/mol. The van der Waals surface area contributed by atoms with Gasteiger partial charge in [0.15, 0.2) is 0 Å². The number of alkyl halides is 3. The topological polar surface area (TPSA) is 39.1 Å². The smallest absolute Gasteiger partial charge is 0.351 e. The lowest BCUT2D eigenvalue weighted by molar-refractivity contribution is -0.182. The second-order valence-corrected chi connectivity index (χ2v) is 4.06. The molecule has 17 heavy (non-hydrogen) atoms. The van der Waals surface area contributed by atoms with Crippen LogP contribution in [0.3, 0.4) is 0 Å². The van der Waals surface area contributed by atoms with Crippen molar-refractivity contribution in [2.24, 2.45) is 0 Å². The van der Waals surface area contributed by atoms with E-state index in [0.29, 0.717) is 18.4 Å². The summed E-state index contributed by atoms with van der Waals surface area (Å²) in [6.07, 6.45) is 1.20. The summed E-state index contributed by atoms with van der Waals surface area (Å²) in [6.45, 7) is -0.797. The maximum absolute atomic E-state index is 11.9. The van der Waals surface area contributed by atoms with Crippen molar-refractivity contribution < 1.29 is 17.9 Å². The number of rotatable bonds is 6. The number of hydrogen-bond donors (Lipinski definition) is 1. The Kier molecular flexibility index (Phi) is 3.68. The van der Waals surface area contributed by atoms with Crippen molar-refractivity contribution in [3.63, 3.8) is 0 Å². The maximum Gasteiger partial charge on any atom is 0.411 e. The third-order valence-corrected chi connectivity index (χ3v) is 2.42. The van der Waals surface area contributed by atoms with Gasteiger partial charge in [0.1, 0.15) is 19.2 Å². The van der Waals surface area contributed by atoms with Crippen LogP contribution in [0.1, 0.15) is 18.7 Å². The molecule has 0 aromatic carbocycles. The van der Waals surface area contributed by atoms with E-state index in [1.54, 1.807) is 17.0 Å². The minimum Gasteiger partial charge on any atom is -0.351 e. The van der Waals surface area contributed by atoms with Gasteiger partial charge in [-0.15, -0.1) is 0 Å². The van der Waals surface area contributed by atoms with E-state index in [2.05, 4.69) is 15.0 Å². The molecule has 0 saturated heterocycles. The second kappa shape index (κ2) is 5.05. The van der Waals surface area contributed by atoms with E-state index in [-0.39, 0.29) is 6.73 Å². The lowest BCUT2D eigenvalue weighted by Crippen LogP contribution is -2.21. The Morgan fingerprint density at radius 1 is 1.47 bits per heavy atom. The van der Waals surface area contributed by atoms with E-state index in [1.165, 1.54) is 0 Å². The summed E-state index contributed by atoms with van der Waals surface area (Å²) in [5.41, 5.74) is 0. The Labute approximate surface area is 96.8 Å². The Hall–Kier alpha value is -1.08. The fourth-order valence-corrected chi connectivity index (χ4v) is 1.41. The Bertz CT molecular complexity index is 360. The molecular formula is C10H14F3N3O. The van der Waals surface area contributed by atoms with Crippen LogP contribution < -0.4 is 5.32 Å². The normalized spacial score (nSPS) is 16.4. The van der Waals surface area contributed by atoms with Crippen molar-refractivity contribution in [2.75, 3.05) is 6.61 Å². The van der Waals surface area contributed by atoms with Gasteiger partial charge in [-0.1, -0.05) is 0 Å². The molecule has 0 bridgehead atoms. The molecule has 0 atom stereocenters. The number of nitrogens with zero attached hydrogens (tertiary/aromatic N) is 2. The standard InChI is InChI=1S/C10H14F3N3O/c11-10(12,13)6-17-7-16-4-3-14-9(16)5-15-8-1-2-8/h3-4,8,15H,1-2,5-7H2. The van der Waals surface area contributed by atoms with Crippen LogP contribution in [0.25, 0.3) is 0 Å². The summed E-state index contributed by atoms with van der Waals surface area (Å²) in [7, 11) is 0. The number of imidazole rings is 1. The van der Waals surface area contributed by atoms with Crippen molar-refractivity contribution in [1.82, 2.24) is 14.9 Å². The van der Waals surface area contributed by atoms with Crippen molar-refractivity contribution in [1.29, 1.82) is 0 Å². The predicted molar refractivity (Wildman–Crippen MR) is 54.1 cm³/mol. The third-order valence-electron chi connectivity index (χ3n) is 2.42. The van der Waals surface area contributed by atoms with Crippen LogP contribution in [0.15, 0.2) is 12.4 Å². The van der Waals surface area contributed by atoms with Gasteiger partial charge in [-0.3, -0.25) is 0 Å². The summed E-state index contributed by atoms with van der Waals surface area (Å²) < 4.78 is 41.8. The molecule has 0 aliphatic heterocycles. The first-order valence-electron chi connectivity index (χ1n) is 5.42. The molecule has 4 nitrogen and oxygen atoms in total. The highest BCUT2D eigenvalue weighted by atomic mass is 19.4. The van der Waals surface area contributed by atoms with Gasteiger partial charge in [0.25, 0.3) is 0 Å². The first-order chi connectivity index (χ1) is 8.04. The van der Waals surface area contributed by atoms with Gasteiger partial charge in [0.05, 0.1) is 6.54 Å². The molecule has 0 spiro atoms. The highest BCUT2D eigenvalue weighted by Gasteiger charge is 2.27. The SMILES string of the molecule is FC(F)(F)COCn1ccnc1CNC1CC1. The van der Waals surface area contributed by atoms with Gasteiger partial charge in [-0.25, -0.2) is 4.98 Å². The summed E-state index contributed by atoms with van der Waals surface area (Å²) in [6, 6.07) is 0.538. The predicted octanol–water partition coefficient (Wildman–Crippen LogP) is 1.67. The quantitative estimate of drug-likeness (QED) is 0.833. The highest BCUT2D eigenvalue weighted by Crippen LogP contribution is 2.19. The number of nitrogens with one attached hydrogen (secondary N) is 1. The lowest BCUT2D eigenvalue weighted by Gasteiger charge is -2.10. The van der Waals surface area contributed by atoms with Crippen LogP contribution in [0.4, 0.5) is 13.2 Å². The molecule has 1 N–H and O–H groups in total. The molecular weight excluding hydrogens is 235 g/mol. The molecule has 7 heteroatoms. The minimum absolute atomic E-state index is 0.124. The second-order valence-electron chi connectivity index (χ2n) is 4.06. The van der Waals surface area contributed by atoms with E-state index < -0.39 is 12.8 Å². The summed E-state index contributed by atoms with van der Waals surface area (Å²) >= 11 is 0. The molecule has 2 rings (SSSR count). The fourth-order valence-electron chi connectivity index (χ4n) is 1.41. The first-order valence-corrected chi connectivity index (χ1v) is 5.42. The Morgan fingerprint density at radius 2 is 2.24 bits per heavy atom. The van der Waals surface area contributed by atoms with Crippen LogP contribution >= 0.6 is 0 Å². The summed E-state index contributed by atoms with van der Waals surface area (Å²) in [5.74, 6) is 0.694. The molecule has 1 aliphatic carbocycles. The number of aromatic nitrogens is 2. The molecule has 1 saturated carbocycles. The average Bonchev–Trinajstić information content (AvgIpc) is 2.95. The molecule has 1 aliphatic rings. The fraction of sp³-hybridized carbons (Fsp3) is 0.700. The van der Waals surface area contributed by atoms with Gasteiger partial charge >= 0.3 is 6.18 Å². The highest BCUT2D eigenvalue weighted by molar-refractivity contribution is 4.93.